The molecule has 0 N–H and O–H groups in total. The second kappa shape index (κ2) is 3.84. The fraction of sp³-hybridized carbons (Fsp3) is 0.375. The molecule has 0 amide bonds. The quantitative estimate of drug-likeness (QED) is 0.503. The average molecular weight is 185 g/mol. The number of pyridine rings is 1. The average Bonchev–Trinajstić information content (AvgIpc) is 2.17. The highest BCUT2D eigenvalue weighted by molar-refractivity contribution is 5.43. The number of hydrogen-bond donors (Lipinski definition) is 0. The Morgan fingerprint density at radius 2 is 1.85 bits per heavy atom. The molecule has 1 rings (SSSR count). The van der Waals surface area contributed by atoms with E-state index in [1.54, 1.807) is 0 Å². The first-order valence-corrected chi connectivity index (χ1v) is 3.62. The summed E-state index contributed by atoms with van der Waals surface area (Å²) in [6, 6.07) is 1.51. The van der Waals surface area contributed by atoms with Crippen LogP contribution in [0.1, 0.15) is 0 Å². The molecule has 1 aromatic rings. The van der Waals surface area contributed by atoms with Gasteiger partial charge in [-0.2, -0.15) is 0 Å². The fourth-order valence-corrected chi connectivity index (χ4v) is 1.02. The van der Waals surface area contributed by atoms with Crippen LogP contribution in [0.3, 0.4) is 0 Å². The van der Waals surface area contributed by atoms with Crippen LogP contribution in [-0.4, -0.2) is 21.3 Å². The fourth-order valence-electron chi connectivity index (χ4n) is 1.02. The molecule has 0 saturated heterocycles. The normalized spacial score (nSPS) is 9.46. The highest BCUT2D eigenvalue weighted by Crippen LogP contribution is 2.32. The van der Waals surface area contributed by atoms with Crippen LogP contribution >= 0.6 is 0 Å². The summed E-state index contributed by atoms with van der Waals surface area (Å²) in [6.45, 7) is 0. The van der Waals surface area contributed by atoms with Crippen molar-refractivity contribution < 1.29 is 18.9 Å². The summed E-state index contributed by atoms with van der Waals surface area (Å²) in [6.07, 6.45) is 1.29. The second-order valence-electron chi connectivity index (χ2n) is 2.25. The van der Waals surface area contributed by atoms with Crippen molar-refractivity contribution >= 4 is 0 Å². The van der Waals surface area contributed by atoms with Crippen LogP contribution in [0.15, 0.2) is 12.3 Å². The number of ether oxygens (including phenoxy) is 3. The van der Waals surface area contributed by atoms with E-state index in [0.717, 1.165) is 0 Å². The zero-order valence-electron chi connectivity index (χ0n) is 7.73. The Hall–Kier alpha value is -1.65. The third-order valence-electron chi connectivity index (χ3n) is 1.60. The summed E-state index contributed by atoms with van der Waals surface area (Å²) in [5.74, 6) is 0.843. The van der Waals surface area contributed by atoms with Crippen LogP contribution in [0.25, 0.3) is 0 Å². The standard InChI is InChI=1S/C8H11NO4/c1-11-6-4-5-9(10)8(13-3)7(6)12-2/h4-5H,1-3H3. The van der Waals surface area contributed by atoms with E-state index in [2.05, 4.69) is 0 Å². The van der Waals surface area contributed by atoms with Crippen molar-refractivity contribution in [2.75, 3.05) is 21.3 Å². The predicted molar refractivity (Wildman–Crippen MR) is 45.1 cm³/mol. The Morgan fingerprint density at radius 1 is 1.15 bits per heavy atom. The molecule has 0 aliphatic heterocycles. The molecule has 0 radical (unpaired) electrons. The molecular formula is C8H11NO4. The Bertz CT molecular complexity index is 300. The largest absolute Gasteiger partial charge is 0.616 e. The molecule has 0 atom stereocenters. The lowest BCUT2D eigenvalue weighted by Gasteiger charge is -2.09. The van der Waals surface area contributed by atoms with Crippen LogP contribution < -0.4 is 18.9 Å². The SMILES string of the molecule is COc1cc[n+]([O-])c(OC)c1OC. The zero-order chi connectivity index (χ0) is 9.84. The summed E-state index contributed by atoms with van der Waals surface area (Å²) < 4.78 is 15.4. The summed E-state index contributed by atoms with van der Waals surface area (Å²) in [5.41, 5.74) is 0. The molecule has 5 heteroatoms. The lowest BCUT2D eigenvalue weighted by Crippen LogP contribution is -2.28. The first-order chi connectivity index (χ1) is 6.24. The van der Waals surface area contributed by atoms with Gasteiger partial charge in [0.05, 0.1) is 21.3 Å². The van der Waals surface area contributed by atoms with Crippen molar-refractivity contribution in [2.24, 2.45) is 0 Å². The van der Waals surface area contributed by atoms with Gasteiger partial charge >= 0.3 is 5.88 Å². The number of nitrogens with zero attached hydrogens (tertiary/aromatic N) is 1. The molecule has 5 nitrogen and oxygen atoms in total. The molecule has 0 aliphatic carbocycles. The molecule has 0 unspecified atom stereocenters. The molecule has 1 heterocycles. The third kappa shape index (κ3) is 1.58. The van der Waals surface area contributed by atoms with E-state index >= 15 is 0 Å². The predicted octanol–water partition coefficient (Wildman–Crippen LogP) is 0.346. The highest BCUT2D eigenvalue weighted by atomic mass is 16.6. The van der Waals surface area contributed by atoms with Gasteiger partial charge < -0.3 is 19.4 Å². The first kappa shape index (κ1) is 9.44. The van der Waals surface area contributed by atoms with Crippen molar-refractivity contribution in [1.82, 2.24) is 0 Å². The molecule has 0 bridgehead atoms. The Labute approximate surface area is 76.0 Å². The van der Waals surface area contributed by atoms with Gasteiger partial charge in [0, 0.05) is 6.07 Å². The second-order valence-corrected chi connectivity index (χ2v) is 2.25. The number of aromatic nitrogens is 1. The van der Waals surface area contributed by atoms with Gasteiger partial charge in [-0.1, -0.05) is 0 Å². The molecular weight excluding hydrogens is 174 g/mol. The van der Waals surface area contributed by atoms with Gasteiger partial charge in [0.15, 0.2) is 11.9 Å². The maximum absolute atomic E-state index is 11.2. The number of methoxy groups -OCH3 is 3. The summed E-state index contributed by atoms with van der Waals surface area (Å²) >= 11 is 0. The van der Waals surface area contributed by atoms with Gasteiger partial charge in [-0.05, 0) is 0 Å². The summed E-state index contributed by atoms with van der Waals surface area (Å²) in [7, 11) is 4.33. The molecule has 0 saturated carbocycles. The van der Waals surface area contributed by atoms with Crippen molar-refractivity contribution in [3.05, 3.63) is 17.5 Å². The topological polar surface area (TPSA) is 54.6 Å². The van der Waals surface area contributed by atoms with Crippen LogP contribution in [0.5, 0.6) is 17.4 Å². The van der Waals surface area contributed by atoms with Crippen molar-refractivity contribution in [3.63, 3.8) is 0 Å². The van der Waals surface area contributed by atoms with E-state index in [0.29, 0.717) is 16.2 Å². The van der Waals surface area contributed by atoms with Gasteiger partial charge in [-0.3, -0.25) is 0 Å². The van der Waals surface area contributed by atoms with E-state index in [1.165, 1.54) is 33.6 Å². The summed E-state index contributed by atoms with van der Waals surface area (Å²) in [4.78, 5) is 0. The lowest BCUT2D eigenvalue weighted by atomic mass is 10.4. The van der Waals surface area contributed by atoms with Crippen molar-refractivity contribution in [1.29, 1.82) is 0 Å². The maximum atomic E-state index is 11.2. The summed E-state index contributed by atoms with van der Waals surface area (Å²) in [5, 5.41) is 11.2. The third-order valence-corrected chi connectivity index (χ3v) is 1.60. The lowest BCUT2D eigenvalue weighted by molar-refractivity contribution is -0.612. The molecule has 0 fully saturated rings. The van der Waals surface area contributed by atoms with E-state index < -0.39 is 0 Å². The Kier molecular flexibility index (Phi) is 2.79. The monoisotopic (exact) mass is 185 g/mol. The van der Waals surface area contributed by atoms with Crippen LogP contribution in [0.4, 0.5) is 0 Å². The van der Waals surface area contributed by atoms with Crippen molar-refractivity contribution in [3.8, 4) is 17.4 Å². The van der Waals surface area contributed by atoms with Crippen LogP contribution in [0, 0.1) is 5.21 Å². The zero-order valence-corrected chi connectivity index (χ0v) is 7.73. The molecule has 1 aromatic heterocycles. The molecule has 72 valence electrons. The maximum Gasteiger partial charge on any atom is 0.426 e. The smallest absolute Gasteiger partial charge is 0.426 e. The van der Waals surface area contributed by atoms with E-state index in [1.807, 2.05) is 0 Å². The molecule has 0 spiro atoms. The van der Waals surface area contributed by atoms with E-state index in [-0.39, 0.29) is 5.88 Å². The van der Waals surface area contributed by atoms with E-state index in [9.17, 15) is 5.21 Å². The Balaban J connectivity index is 3.27. The molecule has 13 heavy (non-hydrogen) atoms. The van der Waals surface area contributed by atoms with E-state index in [4.69, 9.17) is 14.2 Å². The minimum Gasteiger partial charge on any atom is -0.616 e. The number of hydrogen-bond acceptors (Lipinski definition) is 4. The van der Waals surface area contributed by atoms with Gasteiger partial charge in [0.1, 0.15) is 0 Å². The van der Waals surface area contributed by atoms with Gasteiger partial charge in [0.25, 0.3) is 5.75 Å². The van der Waals surface area contributed by atoms with Gasteiger partial charge in [-0.25, -0.2) is 0 Å². The first-order valence-electron chi connectivity index (χ1n) is 3.62. The van der Waals surface area contributed by atoms with Crippen LogP contribution in [-0.2, 0) is 0 Å². The number of rotatable bonds is 3. The highest BCUT2D eigenvalue weighted by Gasteiger charge is 2.19. The molecule has 0 aliphatic rings. The minimum atomic E-state index is 0.0850. The van der Waals surface area contributed by atoms with Crippen molar-refractivity contribution in [2.45, 2.75) is 0 Å². The minimum absolute atomic E-state index is 0.0850. The van der Waals surface area contributed by atoms with Gasteiger partial charge in [0.2, 0.25) is 0 Å². The van der Waals surface area contributed by atoms with Crippen LogP contribution in [0.2, 0.25) is 0 Å². The Morgan fingerprint density at radius 3 is 2.31 bits per heavy atom. The molecule has 0 aromatic carbocycles. The van der Waals surface area contributed by atoms with Gasteiger partial charge in [-0.15, -0.1) is 4.73 Å².